The Morgan fingerprint density at radius 1 is 1.26 bits per heavy atom. The fourth-order valence-corrected chi connectivity index (χ4v) is 5.74. The standard InChI is InChI=1S/C24H25ClN2O8/c1-27(2)18-13-7-10-6-12-9(5-11(25)8-28)3-4-14(29)16(12)19(30)15(10)21(32)24(13,35)22(33)17(20(18)31)23(26)34/h3-5,10,13,18,28-30,33,35H,6-8H2,1-2H3,(H2,26,34)/b11-5-/t10-,13-,18-,24-/m1/s1. The molecule has 0 bridgehead atoms. The molecule has 3 aliphatic carbocycles. The van der Waals surface area contributed by atoms with E-state index >= 15 is 0 Å². The van der Waals surface area contributed by atoms with Crippen LogP contribution in [0.3, 0.4) is 0 Å². The van der Waals surface area contributed by atoms with Crippen molar-refractivity contribution in [3.05, 3.63) is 50.8 Å². The molecular formula is C24H25ClN2O8. The Kier molecular flexibility index (Phi) is 6.05. The normalized spacial score (nSPS) is 28.7. The van der Waals surface area contributed by atoms with E-state index in [2.05, 4.69) is 0 Å². The summed E-state index contributed by atoms with van der Waals surface area (Å²) >= 11 is 5.99. The Bertz CT molecular complexity index is 1260. The van der Waals surface area contributed by atoms with Gasteiger partial charge < -0.3 is 31.3 Å². The van der Waals surface area contributed by atoms with Crippen molar-refractivity contribution in [2.45, 2.75) is 24.5 Å². The number of phenolic OH excluding ortho intramolecular Hbond substituents is 1. The third kappa shape index (κ3) is 3.48. The zero-order valence-electron chi connectivity index (χ0n) is 18.9. The summed E-state index contributed by atoms with van der Waals surface area (Å²) in [5.74, 6) is -7.08. The lowest BCUT2D eigenvalue weighted by atomic mass is 9.57. The van der Waals surface area contributed by atoms with Crippen molar-refractivity contribution >= 4 is 40.9 Å². The van der Waals surface area contributed by atoms with Crippen LogP contribution in [0, 0.1) is 11.8 Å². The molecule has 0 spiro atoms. The minimum Gasteiger partial charge on any atom is -0.508 e. The molecule has 35 heavy (non-hydrogen) atoms. The average Bonchev–Trinajstić information content (AvgIpc) is 2.77. The summed E-state index contributed by atoms with van der Waals surface area (Å²) in [6, 6.07) is 1.68. The van der Waals surface area contributed by atoms with Crippen LogP contribution < -0.4 is 5.73 Å². The van der Waals surface area contributed by atoms with E-state index in [1.54, 1.807) is 6.07 Å². The molecule has 1 saturated carbocycles. The van der Waals surface area contributed by atoms with Gasteiger partial charge in [0.1, 0.15) is 22.8 Å². The maximum Gasteiger partial charge on any atom is 0.255 e. The third-order valence-electron chi connectivity index (χ3n) is 7.10. The number of aliphatic hydroxyl groups is 4. The first-order valence-corrected chi connectivity index (χ1v) is 11.2. The lowest BCUT2D eigenvalue weighted by Gasteiger charge is -2.50. The van der Waals surface area contributed by atoms with Gasteiger partial charge in [0.05, 0.1) is 18.2 Å². The number of aromatic hydroxyl groups is 1. The Labute approximate surface area is 205 Å². The van der Waals surface area contributed by atoms with E-state index in [0.717, 1.165) is 0 Å². The predicted molar refractivity (Wildman–Crippen MR) is 125 cm³/mol. The van der Waals surface area contributed by atoms with E-state index in [1.165, 1.54) is 31.1 Å². The summed E-state index contributed by atoms with van der Waals surface area (Å²) in [6.45, 7) is -0.429. The summed E-state index contributed by atoms with van der Waals surface area (Å²) in [6.07, 6.45) is 1.59. The van der Waals surface area contributed by atoms with Crippen molar-refractivity contribution in [2.75, 3.05) is 20.7 Å². The van der Waals surface area contributed by atoms with Gasteiger partial charge in [-0.25, -0.2) is 0 Å². The first-order valence-electron chi connectivity index (χ1n) is 10.8. The summed E-state index contributed by atoms with van der Waals surface area (Å²) < 4.78 is 0. The van der Waals surface area contributed by atoms with Gasteiger partial charge in [-0.1, -0.05) is 17.7 Å². The number of phenols is 1. The monoisotopic (exact) mass is 504 g/mol. The van der Waals surface area contributed by atoms with Crippen LogP contribution in [0.2, 0.25) is 0 Å². The fraction of sp³-hybridized carbons (Fsp3) is 0.375. The lowest BCUT2D eigenvalue weighted by molar-refractivity contribution is -0.153. The minimum absolute atomic E-state index is 0.0156. The molecule has 4 rings (SSSR count). The summed E-state index contributed by atoms with van der Waals surface area (Å²) in [5, 5.41) is 53.4. The zero-order valence-corrected chi connectivity index (χ0v) is 19.7. The molecule has 3 aliphatic rings. The van der Waals surface area contributed by atoms with Crippen molar-refractivity contribution in [2.24, 2.45) is 17.6 Å². The first kappa shape index (κ1) is 24.9. The molecule has 0 unspecified atom stereocenters. The van der Waals surface area contributed by atoms with Crippen LogP contribution in [0.15, 0.2) is 34.1 Å². The van der Waals surface area contributed by atoms with Crippen molar-refractivity contribution in [3.63, 3.8) is 0 Å². The average molecular weight is 505 g/mol. The summed E-state index contributed by atoms with van der Waals surface area (Å²) in [4.78, 5) is 40.2. The highest BCUT2D eigenvalue weighted by atomic mass is 35.5. The quantitative estimate of drug-likeness (QED) is 0.319. The zero-order chi connectivity index (χ0) is 26.0. The number of amides is 1. The number of aliphatic hydroxyl groups excluding tert-OH is 3. The molecule has 0 aromatic heterocycles. The number of hydrogen-bond acceptors (Lipinski definition) is 9. The molecule has 0 saturated heterocycles. The summed E-state index contributed by atoms with van der Waals surface area (Å²) in [7, 11) is 3.07. The number of fused-ring (bicyclic) bond motifs is 3. The van der Waals surface area contributed by atoms with E-state index in [-0.39, 0.29) is 34.8 Å². The van der Waals surface area contributed by atoms with Crippen molar-refractivity contribution in [3.8, 4) is 5.75 Å². The topological polar surface area (TPSA) is 182 Å². The number of primary amides is 1. The highest BCUT2D eigenvalue weighted by molar-refractivity contribution is 6.31. The lowest BCUT2D eigenvalue weighted by Crippen LogP contribution is -2.65. The van der Waals surface area contributed by atoms with Gasteiger partial charge in [-0.05, 0) is 56.1 Å². The Morgan fingerprint density at radius 2 is 1.91 bits per heavy atom. The van der Waals surface area contributed by atoms with Gasteiger partial charge in [0.15, 0.2) is 11.4 Å². The van der Waals surface area contributed by atoms with Gasteiger partial charge in [-0.15, -0.1) is 0 Å². The van der Waals surface area contributed by atoms with Crippen LogP contribution >= 0.6 is 11.6 Å². The maximum atomic E-state index is 13.7. The van der Waals surface area contributed by atoms with Gasteiger partial charge in [0, 0.05) is 16.5 Å². The van der Waals surface area contributed by atoms with Crippen LogP contribution in [0.1, 0.15) is 23.1 Å². The van der Waals surface area contributed by atoms with E-state index < -0.39 is 64.7 Å². The molecule has 1 aromatic carbocycles. The fourth-order valence-electron chi connectivity index (χ4n) is 5.62. The number of rotatable bonds is 4. The van der Waals surface area contributed by atoms with E-state index in [9.17, 15) is 39.9 Å². The number of likely N-dealkylation sites (N-methyl/N-ethyl adjacent to an activating group) is 1. The molecule has 1 amide bonds. The van der Waals surface area contributed by atoms with Crippen LogP contribution in [-0.2, 0) is 20.8 Å². The Balaban J connectivity index is 1.97. The number of halogens is 1. The molecule has 1 fully saturated rings. The first-order chi connectivity index (χ1) is 16.4. The molecule has 11 heteroatoms. The third-order valence-corrected chi connectivity index (χ3v) is 7.33. The minimum atomic E-state index is -2.68. The Morgan fingerprint density at radius 3 is 2.49 bits per heavy atom. The highest BCUT2D eigenvalue weighted by Crippen LogP contribution is 2.53. The van der Waals surface area contributed by atoms with Gasteiger partial charge in [-0.3, -0.25) is 19.3 Å². The number of nitrogens with zero attached hydrogens (tertiary/aromatic N) is 1. The van der Waals surface area contributed by atoms with E-state index in [0.29, 0.717) is 11.1 Å². The number of ketones is 2. The smallest absolute Gasteiger partial charge is 0.255 e. The van der Waals surface area contributed by atoms with Gasteiger partial charge >= 0.3 is 0 Å². The predicted octanol–water partition coefficient (Wildman–Crippen LogP) is 0.536. The molecule has 0 radical (unpaired) electrons. The molecule has 1 aromatic rings. The number of hydrogen-bond donors (Lipinski definition) is 6. The molecule has 0 aliphatic heterocycles. The number of benzene rings is 1. The van der Waals surface area contributed by atoms with Crippen LogP contribution in [-0.4, -0.2) is 80.3 Å². The highest BCUT2D eigenvalue weighted by Gasteiger charge is 2.64. The molecule has 7 N–H and O–H groups in total. The number of carbonyl (C=O) groups excluding carboxylic acids is 3. The van der Waals surface area contributed by atoms with E-state index in [4.69, 9.17) is 17.3 Å². The molecule has 186 valence electrons. The molecule has 0 heterocycles. The van der Waals surface area contributed by atoms with Crippen LogP contribution in [0.5, 0.6) is 5.75 Å². The van der Waals surface area contributed by atoms with Crippen molar-refractivity contribution in [1.29, 1.82) is 0 Å². The van der Waals surface area contributed by atoms with Gasteiger partial charge in [-0.2, -0.15) is 0 Å². The molecule has 4 atom stereocenters. The largest absolute Gasteiger partial charge is 0.508 e. The SMILES string of the molecule is CN(C)[C@H]1C(=O)C(C(N)=O)=C(O)[C@]2(O)C(=O)C3=C(O)c4c(O)ccc(/C=C(\Cl)CO)c4C[C@@H]3C[C@H]12. The number of carbonyl (C=O) groups is 3. The molecule has 10 nitrogen and oxygen atoms in total. The van der Waals surface area contributed by atoms with Gasteiger partial charge in [0.25, 0.3) is 5.91 Å². The van der Waals surface area contributed by atoms with Crippen LogP contribution in [0.25, 0.3) is 11.8 Å². The number of Topliss-reactive ketones (excluding diaryl/α,β-unsaturated/α-hetero) is 2. The summed E-state index contributed by atoms with van der Waals surface area (Å²) in [5.41, 5.74) is 2.44. The molecular weight excluding hydrogens is 480 g/mol. The van der Waals surface area contributed by atoms with E-state index in [1.807, 2.05) is 0 Å². The van der Waals surface area contributed by atoms with Gasteiger partial charge in [0.2, 0.25) is 5.78 Å². The maximum absolute atomic E-state index is 13.7. The second-order valence-corrected chi connectivity index (χ2v) is 9.72. The van der Waals surface area contributed by atoms with Crippen molar-refractivity contribution in [1.82, 2.24) is 4.90 Å². The second kappa shape index (κ2) is 8.49. The van der Waals surface area contributed by atoms with Crippen molar-refractivity contribution < 1.29 is 39.9 Å². The Hall–Kier alpha value is -3.18. The second-order valence-electron chi connectivity index (χ2n) is 9.24. The van der Waals surface area contributed by atoms with Crippen LogP contribution in [0.4, 0.5) is 0 Å². The number of nitrogens with two attached hydrogens (primary N) is 1.